The highest BCUT2D eigenvalue weighted by Crippen LogP contribution is 2.29. The van der Waals surface area contributed by atoms with Crippen LogP contribution in [-0.4, -0.2) is 30.3 Å². The van der Waals surface area contributed by atoms with E-state index >= 15 is 0 Å². The smallest absolute Gasteiger partial charge is 0.239 e. The van der Waals surface area contributed by atoms with Gasteiger partial charge in [-0.1, -0.05) is 0 Å². The lowest BCUT2D eigenvalue weighted by molar-refractivity contribution is -0.139. The second kappa shape index (κ2) is 6.43. The zero-order chi connectivity index (χ0) is 17.3. The number of anilines is 1. The first-order chi connectivity index (χ1) is 11.5. The summed E-state index contributed by atoms with van der Waals surface area (Å²) in [5.74, 6) is -2.61. The monoisotopic (exact) mass is 334 g/mol. The third-order valence-corrected chi connectivity index (χ3v) is 4.05. The predicted octanol–water partition coefficient (Wildman–Crippen LogP) is 2.57. The Morgan fingerprint density at radius 2 is 2.17 bits per heavy atom. The SMILES string of the molecule is CN(Cc1ccco1)C(=O)C1CCN(c2ccc(F)cc2F)C1=O. The number of amides is 2. The molecule has 0 spiro atoms. The number of carbonyl (C=O) groups excluding carboxylic acids is 2. The molecule has 2 aromatic rings. The molecular weight excluding hydrogens is 318 g/mol. The van der Waals surface area contributed by atoms with E-state index in [1.54, 1.807) is 19.2 Å². The van der Waals surface area contributed by atoms with Gasteiger partial charge < -0.3 is 14.2 Å². The van der Waals surface area contributed by atoms with Crippen LogP contribution in [0.25, 0.3) is 0 Å². The third-order valence-electron chi connectivity index (χ3n) is 4.05. The zero-order valence-corrected chi connectivity index (χ0v) is 13.0. The van der Waals surface area contributed by atoms with Gasteiger partial charge in [0.15, 0.2) is 0 Å². The molecule has 0 saturated carbocycles. The number of halogens is 2. The van der Waals surface area contributed by atoms with Crippen LogP contribution in [-0.2, 0) is 16.1 Å². The molecule has 0 N–H and O–H groups in total. The fourth-order valence-corrected chi connectivity index (χ4v) is 2.83. The summed E-state index contributed by atoms with van der Waals surface area (Å²) in [7, 11) is 1.58. The standard InChI is InChI=1S/C17H16F2N2O3/c1-20(10-12-3-2-8-24-12)16(22)13-6-7-21(17(13)23)15-5-4-11(18)9-14(15)19/h2-5,8-9,13H,6-7,10H2,1H3. The summed E-state index contributed by atoms with van der Waals surface area (Å²) in [6, 6.07) is 6.47. The van der Waals surface area contributed by atoms with Crippen molar-refractivity contribution in [3.05, 3.63) is 54.0 Å². The maximum Gasteiger partial charge on any atom is 0.239 e. The minimum atomic E-state index is -0.866. The molecule has 1 unspecified atom stereocenters. The Morgan fingerprint density at radius 1 is 1.38 bits per heavy atom. The van der Waals surface area contributed by atoms with Crippen molar-refractivity contribution < 1.29 is 22.8 Å². The quantitative estimate of drug-likeness (QED) is 0.808. The summed E-state index contributed by atoms with van der Waals surface area (Å²) in [4.78, 5) is 27.6. The van der Waals surface area contributed by atoms with Crippen molar-refractivity contribution in [2.75, 3.05) is 18.5 Å². The molecule has 1 atom stereocenters. The number of rotatable bonds is 4. The van der Waals surface area contributed by atoms with Crippen LogP contribution in [0.4, 0.5) is 14.5 Å². The molecule has 1 aliphatic rings. The van der Waals surface area contributed by atoms with E-state index in [0.29, 0.717) is 5.76 Å². The zero-order valence-electron chi connectivity index (χ0n) is 13.0. The van der Waals surface area contributed by atoms with Crippen molar-refractivity contribution in [3.8, 4) is 0 Å². The average Bonchev–Trinajstić information content (AvgIpc) is 3.17. The van der Waals surface area contributed by atoms with Gasteiger partial charge in [0.2, 0.25) is 11.8 Å². The molecule has 1 aromatic carbocycles. The van der Waals surface area contributed by atoms with Gasteiger partial charge in [-0.3, -0.25) is 9.59 Å². The Kier molecular flexibility index (Phi) is 4.33. The van der Waals surface area contributed by atoms with Crippen molar-refractivity contribution in [1.82, 2.24) is 4.90 Å². The fourth-order valence-electron chi connectivity index (χ4n) is 2.83. The van der Waals surface area contributed by atoms with Crippen LogP contribution in [0, 0.1) is 17.6 Å². The number of carbonyl (C=O) groups is 2. The van der Waals surface area contributed by atoms with Gasteiger partial charge in [-0.15, -0.1) is 0 Å². The molecule has 1 saturated heterocycles. The summed E-state index contributed by atoms with van der Waals surface area (Å²) in [5.41, 5.74) is -0.00890. The summed E-state index contributed by atoms with van der Waals surface area (Å²) in [6.07, 6.45) is 1.80. The number of hydrogen-bond acceptors (Lipinski definition) is 3. The summed E-state index contributed by atoms with van der Waals surface area (Å²) < 4.78 is 32.1. The van der Waals surface area contributed by atoms with E-state index in [-0.39, 0.29) is 31.1 Å². The van der Waals surface area contributed by atoms with Crippen LogP contribution in [0.5, 0.6) is 0 Å². The van der Waals surface area contributed by atoms with Crippen molar-refractivity contribution in [2.24, 2.45) is 5.92 Å². The predicted molar refractivity (Wildman–Crippen MR) is 82.0 cm³/mol. The Hall–Kier alpha value is -2.70. The molecular formula is C17H16F2N2O3. The van der Waals surface area contributed by atoms with Crippen LogP contribution in [0.1, 0.15) is 12.2 Å². The molecule has 1 fully saturated rings. The van der Waals surface area contributed by atoms with Crippen LogP contribution in [0.3, 0.4) is 0 Å². The molecule has 5 nitrogen and oxygen atoms in total. The summed E-state index contributed by atoms with van der Waals surface area (Å²) in [6.45, 7) is 0.465. The molecule has 3 rings (SSSR count). The lowest BCUT2D eigenvalue weighted by Crippen LogP contribution is -2.37. The molecule has 0 bridgehead atoms. The van der Waals surface area contributed by atoms with Crippen molar-refractivity contribution >= 4 is 17.5 Å². The van der Waals surface area contributed by atoms with Gasteiger partial charge >= 0.3 is 0 Å². The largest absolute Gasteiger partial charge is 0.467 e. The first-order valence-electron chi connectivity index (χ1n) is 7.51. The molecule has 1 aromatic heterocycles. The second-order valence-electron chi connectivity index (χ2n) is 5.70. The lowest BCUT2D eigenvalue weighted by atomic mass is 10.1. The van der Waals surface area contributed by atoms with E-state index < -0.39 is 23.5 Å². The Balaban J connectivity index is 1.72. The third kappa shape index (κ3) is 3.02. The van der Waals surface area contributed by atoms with Gasteiger partial charge in [0, 0.05) is 19.7 Å². The van der Waals surface area contributed by atoms with E-state index in [4.69, 9.17) is 4.42 Å². The Bertz CT molecular complexity index is 761. The summed E-state index contributed by atoms with van der Waals surface area (Å²) in [5, 5.41) is 0. The Labute approximate surface area is 137 Å². The van der Waals surface area contributed by atoms with Gasteiger partial charge in [0.05, 0.1) is 18.5 Å². The average molecular weight is 334 g/mol. The van der Waals surface area contributed by atoms with E-state index in [2.05, 4.69) is 0 Å². The normalized spacial score (nSPS) is 17.4. The molecule has 2 heterocycles. The molecule has 2 amide bonds. The second-order valence-corrected chi connectivity index (χ2v) is 5.70. The van der Waals surface area contributed by atoms with E-state index in [0.717, 1.165) is 12.1 Å². The number of nitrogens with zero attached hydrogens (tertiary/aromatic N) is 2. The van der Waals surface area contributed by atoms with Gasteiger partial charge in [0.1, 0.15) is 23.3 Å². The first-order valence-corrected chi connectivity index (χ1v) is 7.51. The minimum Gasteiger partial charge on any atom is -0.467 e. The van der Waals surface area contributed by atoms with Gasteiger partial charge in [-0.25, -0.2) is 8.78 Å². The van der Waals surface area contributed by atoms with E-state index in [9.17, 15) is 18.4 Å². The number of furan rings is 1. The van der Waals surface area contributed by atoms with Gasteiger partial charge in [-0.05, 0) is 30.7 Å². The molecule has 7 heteroatoms. The fraction of sp³-hybridized carbons (Fsp3) is 0.294. The molecule has 24 heavy (non-hydrogen) atoms. The van der Waals surface area contributed by atoms with Crippen LogP contribution < -0.4 is 4.90 Å². The highest BCUT2D eigenvalue weighted by Gasteiger charge is 2.39. The van der Waals surface area contributed by atoms with Gasteiger partial charge in [0.25, 0.3) is 0 Å². The van der Waals surface area contributed by atoms with Crippen LogP contribution >= 0.6 is 0 Å². The highest BCUT2D eigenvalue weighted by atomic mass is 19.1. The van der Waals surface area contributed by atoms with Crippen molar-refractivity contribution in [3.63, 3.8) is 0 Å². The van der Waals surface area contributed by atoms with Crippen LogP contribution in [0.2, 0.25) is 0 Å². The van der Waals surface area contributed by atoms with E-state index in [1.807, 2.05) is 0 Å². The van der Waals surface area contributed by atoms with Crippen molar-refractivity contribution in [1.29, 1.82) is 0 Å². The lowest BCUT2D eigenvalue weighted by Gasteiger charge is -2.20. The maximum absolute atomic E-state index is 13.9. The number of benzene rings is 1. The Morgan fingerprint density at radius 3 is 2.83 bits per heavy atom. The molecule has 126 valence electrons. The van der Waals surface area contributed by atoms with Crippen molar-refractivity contribution in [2.45, 2.75) is 13.0 Å². The van der Waals surface area contributed by atoms with Crippen LogP contribution in [0.15, 0.2) is 41.0 Å². The molecule has 1 aliphatic heterocycles. The van der Waals surface area contributed by atoms with Gasteiger partial charge in [-0.2, -0.15) is 0 Å². The highest BCUT2D eigenvalue weighted by molar-refractivity contribution is 6.09. The summed E-state index contributed by atoms with van der Waals surface area (Å²) >= 11 is 0. The number of hydrogen-bond donors (Lipinski definition) is 0. The molecule has 0 radical (unpaired) electrons. The molecule has 0 aliphatic carbocycles. The van der Waals surface area contributed by atoms with E-state index in [1.165, 1.54) is 22.1 Å². The topological polar surface area (TPSA) is 53.8 Å². The minimum absolute atomic E-state index is 0.00890. The maximum atomic E-state index is 13.9. The first kappa shape index (κ1) is 16.2.